The molecule has 40 heavy (non-hydrogen) atoms. The van der Waals surface area contributed by atoms with Gasteiger partial charge < -0.3 is 18.9 Å². The van der Waals surface area contributed by atoms with Gasteiger partial charge in [0.25, 0.3) is 0 Å². The van der Waals surface area contributed by atoms with E-state index in [4.69, 9.17) is 18.9 Å². The number of ether oxygens (including phenoxy) is 4. The largest absolute Gasteiger partial charge is 0.488 e. The third-order valence-electron chi connectivity index (χ3n) is 7.45. The number of aromatic nitrogens is 1. The lowest BCUT2D eigenvalue weighted by molar-refractivity contribution is -0.147. The van der Waals surface area contributed by atoms with Gasteiger partial charge in [-0.2, -0.15) is 4.31 Å². The van der Waals surface area contributed by atoms with Crippen LogP contribution in [0.15, 0.2) is 53.6 Å². The van der Waals surface area contributed by atoms with E-state index in [1.807, 2.05) is 39.0 Å². The Bertz CT molecular complexity index is 1480. The molecule has 5 rings (SSSR count). The Morgan fingerprint density at radius 2 is 1.98 bits per heavy atom. The van der Waals surface area contributed by atoms with Crippen molar-refractivity contribution in [3.63, 3.8) is 0 Å². The first-order valence-corrected chi connectivity index (χ1v) is 15.6. The molecule has 0 radical (unpaired) electrons. The van der Waals surface area contributed by atoms with Crippen molar-refractivity contribution in [2.24, 2.45) is 0 Å². The second kappa shape index (κ2) is 11.6. The van der Waals surface area contributed by atoms with Gasteiger partial charge in [-0.15, -0.1) is 11.3 Å². The van der Waals surface area contributed by atoms with E-state index in [-0.39, 0.29) is 42.4 Å². The number of fused-ring (bicyclic) bond motifs is 1. The van der Waals surface area contributed by atoms with Crippen LogP contribution in [-0.4, -0.2) is 56.6 Å². The lowest BCUT2D eigenvalue weighted by atomic mass is 9.93. The Morgan fingerprint density at radius 3 is 2.70 bits per heavy atom. The SMILES string of the molecule is CC[C@@H]1CN(Cc2cc(C(CC(=O)OC)c3ncc(C4(C)OCCO4)s3)ccc2C)S(=O)(=O)c2ccccc2O1. The average Bonchev–Trinajstić information content (AvgIpc) is 3.60. The van der Waals surface area contributed by atoms with E-state index in [0.29, 0.717) is 25.4 Å². The summed E-state index contributed by atoms with van der Waals surface area (Å²) >= 11 is 1.44. The lowest BCUT2D eigenvalue weighted by Crippen LogP contribution is -2.36. The number of sulfonamides is 1. The van der Waals surface area contributed by atoms with Crippen molar-refractivity contribution in [3.05, 3.63) is 75.2 Å². The number of rotatable bonds is 8. The number of carbonyl (C=O) groups is 1. The van der Waals surface area contributed by atoms with Gasteiger partial charge in [0.1, 0.15) is 21.8 Å². The van der Waals surface area contributed by atoms with Crippen molar-refractivity contribution >= 4 is 27.3 Å². The summed E-state index contributed by atoms with van der Waals surface area (Å²) in [6, 6.07) is 12.7. The van der Waals surface area contributed by atoms with E-state index in [1.54, 1.807) is 30.5 Å². The number of esters is 1. The minimum atomic E-state index is -3.80. The third kappa shape index (κ3) is 5.66. The average molecular weight is 587 g/mol. The molecule has 2 aromatic carbocycles. The summed E-state index contributed by atoms with van der Waals surface area (Å²) in [5, 5.41) is 0.728. The molecule has 1 fully saturated rings. The van der Waals surface area contributed by atoms with Gasteiger partial charge in [-0.05, 0) is 49.1 Å². The van der Waals surface area contributed by atoms with Crippen LogP contribution in [-0.2, 0) is 41.4 Å². The number of para-hydroxylation sites is 1. The van der Waals surface area contributed by atoms with Gasteiger partial charge in [-0.1, -0.05) is 37.3 Å². The molecule has 0 amide bonds. The fraction of sp³-hybridized carbons (Fsp3) is 0.448. The van der Waals surface area contributed by atoms with E-state index >= 15 is 0 Å². The molecule has 11 heteroatoms. The molecule has 1 aromatic heterocycles. The third-order valence-corrected chi connectivity index (χ3v) is 10.6. The number of methoxy groups -OCH3 is 1. The topological polar surface area (TPSA) is 104 Å². The molecule has 9 nitrogen and oxygen atoms in total. The zero-order valence-corrected chi connectivity index (χ0v) is 24.7. The zero-order valence-electron chi connectivity index (χ0n) is 23.1. The summed E-state index contributed by atoms with van der Waals surface area (Å²) in [6.45, 7) is 7.22. The van der Waals surface area contributed by atoms with Gasteiger partial charge in [-0.3, -0.25) is 4.79 Å². The normalized spacial score (nSPS) is 20.8. The van der Waals surface area contributed by atoms with Crippen molar-refractivity contribution in [1.29, 1.82) is 0 Å². The maximum Gasteiger partial charge on any atom is 0.306 e. The van der Waals surface area contributed by atoms with Gasteiger partial charge in [0.2, 0.25) is 15.8 Å². The number of hydrogen-bond donors (Lipinski definition) is 0. The van der Waals surface area contributed by atoms with Crippen LogP contribution in [0.1, 0.15) is 59.2 Å². The Labute approximate surface area is 239 Å². The van der Waals surface area contributed by atoms with Crippen LogP contribution in [0.3, 0.4) is 0 Å². The highest BCUT2D eigenvalue weighted by molar-refractivity contribution is 7.89. The molecule has 2 aliphatic rings. The van der Waals surface area contributed by atoms with Crippen LogP contribution in [0.5, 0.6) is 5.75 Å². The van der Waals surface area contributed by atoms with Crippen molar-refractivity contribution in [2.45, 2.75) is 62.9 Å². The summed E-state index contributed by atoms with van der Waals surface area (Å²) in [4.78, 5) is 18.1. The molecule has 2 aliphatic heterocycles. The Kier molecular flexibility index (Phi) is 8.30. The predicted molar refractivity (Wildman–Crippen MR) is 150 cm³/mol. The molecule has 0 N–H and O–H groups in total. The van der Waals surface area contributed by atoms with Gasteiger partial charge in [-0.25, -0.2) is 13.4 Å². The van der Waals surface area contributed by atoms with E-state index in [2.05, 4.69) is 4.98 Å². The maximum absolute atomic E-state index is 13.7. The van der Waals surface area contributed by atoms with Gasteiger partial charge in [0, 0.05) is 18.7 Å². The number of nitrogens with zero attached hydrogens (tertiary/aromatic N) is 2. The van der Waals surface area contributed by atoms with Crippen LogP contribution in [0, 0.1) is 6.92 Å². The standard InChI is InChI=1S/C29H34N2O7S2/c1-5-22-18-31(40(33,34)25-9-7-6-8-24(25)38-22)17-21-14-20(11-10-19(21)2)23(15-27(32)35-4)28-30-16-26(39-28)29(3)36-12-13-37-29/h6-11,14,16,22-23H,5,12-13,15,17-18H2,1-4H3/t22-,23?/m1/s1. The van der Waals surface area contributed by atoms with Crippen LogP contribution >= 0.6 is 11.3 Å². The highest BCUT2D eigenvalue weighted by atomic mass is 32.2. The van der Waals surface area contributed by atoms with Crippen molar-refractivity contribution < 1.29 is 32.2 Å². The Balaban J connectivity index is 1.50. The molecular formula is C29H34N2O7S2. The monoisotopic (exact) mass is 586 g/mol. The summed E-state index contributed by atoms with van der Waals surface area (Å²) in [6.07, 6.45) is 2.21. The summed E-state index contributed by atoms with van der Waals surface area (Å²) in [5.74, 6) is -1.23. The smallest absolute Gasteiger partial charge is 0.306 e. The second-order valence-corrected chi connectivity index (χ2v) is 13.1. The molecule has 1 unspecified atom stereocenters. The van der Waals surface area contributed by atoms with Crippen LogP contribution < -0.4 is 4.74 Å². The van der Waals surface area contributed by atoms with E-state index in [1.165, 1.54) is 22.8 Å². The van der Waals surface area contributed by atoms with Crippen LogP contribution in [0.2, 0.25) is 0 Å². The van der Waals surface area contributed by atoms with Crippen molar-refractivity contribution in [2.75, 3.05) is 26.9 Å². The van der Waals surface area contributed by atoms with Gasteiger partial charge in [0.05, 0.1) is 38.2 Å². The quantitative estimate of drug-likeness (QED) is 0.349. The first-order chi connectivity index (χ1) is 19.1. The number of carbonyl (C=O) groups excluding carboxylic acids is 1. The van der Waals surface area contributed by atoms with E-state index < -0.39 is 15.8 Å². The molecule has 0 spiro atoms. The molecular weight excluding hydrogens is 552 g/mol. The predicted octanol–water partition coefficient (Wildman–Crippen LogP) is 4.73. The number of thiazole rings is 1. The minimum Gasteiger partial charge on any atom is -0.488 e. The van der Waals surface area contributed by atoms with Gasteiger partial charge in [0.15, 0.2) is 0 Å². The summed E-state index contributed by atoms with van der Waals surface area (Å²) in [5.41, 5.74) is 2.64. The van der Waals surface area contributed by atoms with Gasteiger partial charge >= 0.3 is 5.97 Å². The minimum absolute atomic E-state index is 0.0888. The Hall–Kier alpha value is -2.83. The molecule has 1 saturated heterocycles. The van der Waals surface area contributed by atoms with Crippen LogP contribution in [0.25, 0.3) is 0 Å². The first-order valence-electron chi connectivity index (χ1n) is 13.3. The molecule has 2 atom stereocenters. The molecule has 214 valence electrons. The fourth-order valence-corrected chi connectivity index (χ4v) is 7.66. The highest BCUT2D eigenvalue weighted by Gasteiger charge is 2.37. The summed E-state index contributed by atoms with van der Waals surface area (Å²) in [7, 11) is -2.44. The second-order valence-electron chi connectivity index (χ2n) is 10.1. The van der Waals surface area contributed by atoms with Crippen molar-refractivity contribution in [1.82, 2.24) is 9.29 Å². The van der Waals surface area contributed by atoms with E-state index in [9.17, 15) is 13.2 Å². The number of hydrogen-bond acceptors (Lipinski definition) is 9. The summed E-state index contributed by atoms with van der Waals surface area (Å²) < 4.78 is 51.7. The zero-order chi connectivity index (χ0) is 28.5. The number of benzene rings is 2. The fourth-order valence-electron chi connectivity index (χ4n) is 4.99. The highest BCUT2D eigenvalue weighted by Crippen LogP contribution is 2.40. The lowest BCUT2D eigenvalue weighted by Gasteiger charge is -2.24. The van der Waals surface area contributed by atoms with Crippen LogP contribution in [0.4, 0.5) is 0 Å². The first kappa shape index (κ1) is 28.7. The molecule has 0 aliphatic carbocycles. The maximum atomic E-state index is 13.7. The molecule has 0 bridgehead atoms. The van der Waals surface area contributed by atoms with Crippen molar-refractivity contribution in [3.8, 4) is 5.75 Å². The molecule has 0 saturated carbocycles. The number of aryl methyl sites for hydroxylation is 1. The molecule has 3 aromatic rings. The molecule has 3 heterocycles. The van der Waals surface area contributed by atoms with E-state index in [0.717, 1.165) is 26.6 Å². The Morgan fingerprint density at radius 1 is 1.23 bits per heavy atom.